The van der Waals surface area contributed by atoms with Gasteiger partial charge < -0.3 is 5.32 Å². The highest BCUT2D eigenvalue weighted by Crippen LogP contribution is 2.33. The predicted octanol–water partition coefficient (Wildman–Crippen LogP) is 4.14. The number of nitrogens with one attached hydrogen (secondary N) is 1. The second kappa shape index (κ2) is 5.79. The van der Waals surface area contributed by atoms with Crippen molar-refractivity contribution in [3.63, 3.8) is 0 Å². The summed E-state index contributed by atoms with van der Waals surface area (Å²) in [6.45, 7) is 3.61. The Labute approximate surface area is 121 Å². The Hall–Kier alpha value is -1.98. The maximum Gasteiger partial charge on any atom is 0.391 e. The van der Waals surface area contributed by atoms with E-state index in [1.54, 1.807) is 49.0 Å². The third kappa shape index (κ3) is 3.77. The lowest BCUT2D eigenvalue weighted by Gasteiger charge is -2.22. The molecule has 0 aliphatic rings. The van der Waals surface area contributed by atoms with Crippen LogP contribution in [0.5, 0.6) is 0 Å². The van der Waals surface area contributed by atoms with Gasteiger partial charge in [0.25, 0.3) is 0 Å². The normalized spacial score (nSPS) is 13.2. The maximum absolute atomic E-state index is 12.8. The van der Waals surface area contributed by atoms with Crippen molar-refractivity contribution in [2.24, 2.45) is 7.05 Å². The van der Waals surface area contributed by atoms with Gasteiger partial charge >= 0.3 is 6.18 Å². The fourth-order valence-electron chi connectivity index (χ4n) is 2.33. The van der Waals surface area contributed by atoms with Crippen LogP contribution >= 0.6 is 0 Å². The van der Waals surface area contributed by atoms with Gasteiger partial charge in [0.15, 0.2) is 0 Å². The van der Waals surface area contributed by atoms with E-state index >= 15 is 0 Å². The minimum Gasteiger partial charge on any atom is -0.375 e. The molecular formula is C15H18F3N3. The van der Waals surface area contributed by atoms with Crippen molar-refractivity contribution in [3.8, 4) is 0 Å². The minimum atomic E-state index is -4.24. The molecule has 1 atom stereocenters. The van der Waals surface area contributed by atoms with Crippen molar-refractivity contribution in [1.29, 1.82) is 0 Å². The number of aromatic nitrogens is 2. The molecule has 0 saturated carbocycles. The van der Waals surface area contributed by atoms with Crippen molar-refractivity contribution >= 4 is 5.69 Å². The summed E-state index contributed by atoms with van der Waals surface area (Å²) in [7, 11) is 1.77. The first-order chi connectivity index (χ1) is 9.78. The number of alkyl halides is 3. The van der Waals surface area contributed by atoms with Crippen LogP contribution in [-0.4, -0.2) is 16.0 Å². The van der Waals surface area contributed by atoms with Gasteiger partial charge in [0.05, 0.1) is 29.5 Å². The molecule has 21 heavy (non-hydrogen) atoms. The smallest absolute Gasteiger partial charge is 0.375 e. The lowest BCUT2D eigenvalue weighted by atomic mass is 10.0. The number of nitrogens with zero attached hydrogens (tertiary/aromatic N) is 2. The third-order valence-electron chi connectivity index (χ3n) is 3.47. The van der Waals surface area contributed by atoms with Crippen molar-refractivity contribution in [2.75, 3.05) is 5.32 Å². The van der Waals surface area contributed by atoms with Crippen LogP contribution in [0.15, 0.2) is 30.3 Å². The maximum atomic E-state index is 12.8. The van der Waals surface area contributed by atoms with E-state index in [-0.39, 0.29) is 0 Å². The van der Waals surface area contributed by atoms with Gasteiger partial charge in [-0.05, 0) is 19.4 Å². The zero-order valence-corrected chi connectivity index (χ0v) is 12.2. The molecule has 1 aromatic heterocycles. The monoisotopic (exact) mass is 297 g/mol. The van der Waals surface area contributed by atoms with Gasteiger partial charge in [-0.25, -0.2) is 0 Å². The van der Waals surface area contributed by atoms with Gasteiger partial charge in [0, 0.05) is 7.05 Å². The highest BCUT2D eigenvalue weighted by molar-refractivity contribution is 5.53. The number of aryl methyl sites for hydroxylation is 2. The Morgan fingerprint density at radius 2 is 1.81 bits per heavy atom. The highest BCUT2D eigenvalue weighted by Gasteiger charge is 2.33. The molecule has 0 aliphatic carbocycles. The molecule has 0 radical (unpaired) electrons. The van der Waals surface area contributed by atoms with Crippen LogP contribution in [0.1, 0.15) is 29.4 Å². The van der Waals surface area contributed by atoms with Crippen molar-refractivity contribution in [2.45, 2.75) is 32.5 Å². The van der Waals surface area contributed by atoms with Crippen molar-refractivity contribution in [3.05, 3.63) is 47.3 Å². The minimum absolute atomic E-state index is 0.609. The van der Waals surface area contributed by atoms with E-state index in [9.17, 15) is 13.2 Å². The molecule has 0 bridgehead atoms. The largest absolute Gasteiger partial charge is 0.391 e. The zero-order valence-electron chi connectivity index (χ0n) is 12.2. The molecule has 0 aliphatic heterocycles. The number of hydrogen-bond donors (Lipinski definition) is 1. The van der Waals surface area contributed by atoms with Crippen molar-refractivity contribution < 1.29 is 13.2 Å². The quantitative estimate of drug-likeness (QED) is 0.919. The van der Waals surface area contributed by atoms with Crippen LogP contribution in [0.3, 0.4) is 0 Å². The standard InChI is InChI=1S/C15H18F3N3/c1-10-14(11(2)21(3)20-10)19-13(9-15(16,17)18)12-7-5-4-6-8-12/h4-8,13,19H,9H2,1-3H3. The van der Waals surface area contributed by atoms with E-state index in [0.29, 0.717) is 16.9 Å². The van der Waals surface area contributed by atoms with E-state index in [1.165, 1.54) is 0 Å². The fraction of sp³-hybridized carbons (Fsp3) is 0.400. The Kier molecular flexibility index (Phi) is 4.25. The first-order valence-electron chi connectivity index (χ1n) is 6.66. The molecule has 1 unspecified atom stereocenters. The second-order valence-electron chi connectivity index (χ2n) is 5.10. The molecule has 6 heteroatoms. The van der Waals surface area contributed by atoms with E-state index in [1.807, 2.05) is 6.92 Å². The Balaban J connectivity index is 2.32. The average Bonchev–Trinajstić information content (AvgIpc) is 2.64. The zero-order chi connectivity index (χ0) is 15.6. The van der Waals surface area contributed by atoms with Gasteiger partial charge in [-0.2, -0.15) is 18.3 Å². The Bertz CT molecular complexity index is 603. The summed E-state index contributed by atoms with van der Waals surface area (Å²) in [5, 5.41) is 7.23. The summed E-state index contributed by atoms with van der Waals surface area (Å²) in [4.78, 5) is 0. The first-order valence-corrected chi connectivity index (χ1v) is 6.66. The van der Waals surface area contributed by atoms with Gasteiger partial charge in [0.2, 0.25) is 0 Å². The van der Waals surface area contributed by atoms with Crippen LogP contribution in [-0.2, 0) is 7.05 Å². The molecule has 0 fully saturated rings. The number of benzene rings is 1. The molecule has 0 spiro atoms. The summed E-state index contributed by atoms with van der Waals surface area (Å²) < 4.78 is 40.2. The van der Waals surface area contributed by atoms with Crippen LogP contribution in [0.4, 0.5) is 18.9 Å². The molecular weight excluding hydrogens is 279 g/mol. The molecule has 2 aromatic rings. The fourth-order valence-corrected chi connectivity index (χ4v) is 2.33. The van der Waals surface area contributed by atoms with Gasteiger partial charge in [-0.3, -0.25) is 4.68 Å². The predicted molar refractivity (Wildman–Crippen MR) is 76.2 cm³/mol. The van der Waals surface area contributed by atoms with E-state index < -0.39 is 18.6 Å². The molecule has 1 N–H and O–H groups in total. The lowest BCUT2D eigenvalue weighted by molar-refractivity contribution is -0.137. The summed E-state index contributed by atoms with van der Waals surface area (Å²) in [5.74, 6) is 0. The van der Waals surface area contributed by atoms with E-state index in [4.69, 9.17) is 0 Å². The second-order valence-corrected chi connectivity index (χ2v) is 5.10. The topological polar surface area (TPSA) is 29.9 Å². The SMILES string of the molecule is Cc1nn(C)c(C)c1NC(CC(F)(F)F)c1ccccc1. The molecule has 1 aromatic carbocycles. The summed E-state index contributed by atoms with van der Waals surface area (Å²) in [5.41, 5.74) is 2.78. The van der Waals surface area contributed by atoms with Crippen molar-refractivity contribution in [1.82, 2.24) is 9.78 Å². The van der Waals surface area contributed by atoms with Crippen LogP contribution in [0.2, 0.25) is 0 Å². The molecule has 3 nitrogen and oxygen atoms in total. The Morgan fingerprint density at radius 3 is 2.29 bits per heavy atom. The number of hydrogen-bond acceptors (Lipinski definition) is 2. The first kappa shape index (κ1) is 15.4. The Morgan fingerprint density at radius 1 is 1.19 bits per heavy atom. The van der Waals surface area contributed by atoms with Crippen LogP contribution < -0.4 is 5.32 Å². The number of halogens is 3. The summed E-state index contributed by atoms with van der Waals surface area (Å²) >= 11 is 0. The number of rotatable bonds is 4. The summed E-state index contributed by atoms with van der Waals surface area (Å²) in [6, 6.07) is 7.84. The summed E-state index contributed by atoms with van der Waals surface area (Å²) in [6.07, 6.45) is -5.16. The van der Waals surface area contributed by atoms with Gasteiger partial charge in [-0.1, -0.05) is 30.3 Å². The van der Waals surface area contributed by atoms with Crippen LogP contribution in [0, 0.1) is 13.8 Å². The lowest BCUT2D eigenvalue weighted by Crippen LogP contribution is -2.20. The van der Waals surface area contributed by atoms with Gasteiger partial charge in [-0.15, -0.1) is 0 Å². The van der Waals surface area contributed by atoms with E-state index in [0.717, 1.165) is 5.69 Å². The highest BCUT2D eigenvalue weighted by atomic mass is 19.4. The molecule has 2 rings (SSSR count). The van der Waals surface area contributed by atoms with E-state index in [2.05, 4.69) is 10.4 Å². The number of anilines is 1. The van der Waals surface area contributed by atoms with Gasteiger partial charge in [0.1, 0.15) is 0 Å². The molecule has 114 valence electrons. The van der Waals surface area contributed by atoms with Crippen LogP contribution in [0.25, 0.3) is 0 Å². The molecule has 1 heterocycles. The average molecular weight is 297 g/mol. The molecule has 0 saturated heterocycles. The molecule has 0 amide bonds. The third-order valence-corrected chi connectivity index (χ3v) is 3.47.